The van der Waals surface area contributed by atoms with Crippen molar-refractivity contribution in [1.29, 1.82) is 0 Å². The lowest BCUT2D eigenvalue weighted by Gasteiger charge is -2.30. The van der Waals surface area contributed by atoms with E-state index >= 15 is 0 Å². The van der Waals surface area contributed by atoms with Crippen molar-refractivity contribution in [3.8, 4) is 0 Å². The second-order valence-electron chi connectivity index (χ2n) is 7.35. The molecule has 9 heteroatoms. The molecular formula is C19H31N3O6. The zero-order chi connectivity index (χ0) is 20.8. The summed E-state index contributed by atoms with van der Waals surface area (Å²) in [5.74, 6) is -1.69. The molecule has 2 aliphatic rings. The summed E-state index contributed by atoms with van der Waals surface area (Å²) in [5.41, 5.74) is 0. The van der Waals surface area contributed by atoms with Crippen molar-refractivity contribution < 1.29 is 28.7 Å². The topological polar surface area (TPSA) is 117 Å². The van der Waals surface area contributed by atoms with E-state index in [2.05, 4.69) is 10.6 Å². The van der Waals surface area contributed by atoms with Gasteiger partial charge in [-0.05, 0) is 25.2 Å². The molecule has 2 fully saturated rings. The van der Waals surface area contributed by atoms with Crippen molar-refractivity contribution in [2.45, 2.75) is 70.7 Å². The van der Waals surface area contributed by atoms with E-state index in [1.807, 2.05) is 20.8 Å². The van der Waals surface area contributed by atoms with Crippen molar-refractivity contribution in [1.82, 2.24) is 15.5 Å². The van der Waals surface area contributed by atoms with Crippen LogP contribution >= 0.6 is 0 Å². The second kappa shape index (κ2) is 9.86. The largest absolute Gasteiger partial charge is 0.467 e. The first-order valence-electron chi connectivity index (χ1n) is 9.97. The Morgan fingerprint density at radius 2 is 1.86 bits per heavy atom. The minimum atomic E-state index is -0.883. The fraction of sp³-hybridized carbons (Fsp3) is 0.789. The van der Waals surface area contributed by atoms with Gasteiger partial charge in [0.1, 0.15) is 12.1 Å². The quantitative estimate of drug-likeness (QED) is 0.417. The highest BCUT2D eigenvalue weighted by molar-refractivity contribution is 5.97. The third kappa shape index (κ3) is 5.01. The number of carbonyl (C=O) groups excluding carboxylic acids is 4. The standard InChI is InChI=1S/C19H31N3O6/c1-5-9-20-16(23)14-15(28-14)17(24)21-13(11(3)6-2)18(25)22-10-7-8-12(22)19(26)27-4/h11-15H,5-10H2,1-4H3,(H,20,23)(H,21,24)/t11?,12?,13-,14?,15?/m1/s1. The fourth-order valence-electron chi connectivity index (χ4n) is 3.37. The van der Waals surface area contributed by atoms with Gasteiger partial charge in [-0.2, -0.15) is 0 Å². The molecule has 9 nitrogen and oxygen atoms in total. The molecule has 2 N–H and O–H groups in total. The monoisotopic (exact) mass is 397 g/mol. The minimum absolute atomic E-state index is 0.138. The molecule has 2 aliphatic heterocycles. The van der Waals surface area contributed by atoms with Gasteiger partial charge in [0.15, 0.2) is 12.2 Å². The van der Waals surface area contributed by atoms with Crippen LogP contribution in [0, 0.1) is 5.92 Å². The predicted molar refractivity (Wildman–Crippen MR) is 100 cm³/mol. The predicted octanol–water partition coefficient (Wildman–Crippen LogP) is -0.0251. The molecule has 2 saturated heterocycles. The van der Waals surface area contributed by atoms with Gasteiger partial charge in [0, 0.05) is 13.1 Å². The first-order chi connectivity index (χ1) is 13.3. The maximum atomic E-state index is 13.1. The molecule has 5 atom stereocenters. The molecule has 0 saturated carbocycles. The van der Waals surface area contributed by atoms with Gasteiger partial charge in [-0.25, -0.2) is 4.79 Å². The Kier molecular flexibility index (Phi) is 7.79. The van der Waals surface area contributed by atoms with E-state index in [0.29, 0.717) is 32.4 Å². The van der Waals surface area contributed by atoms with Crippen LogP contribution in [0.2, 0.25) is 0 Å². The molecule has 2 heterocycles. The number of esters is 1. The van der Waals surface area contributed by atoms with Gasteiger partial charge >= 0.3 is 5.97 Å². The van der Waals surface area contributed by atoms with Crippen LogP contribution in [0.1, 0.15) is 46.5 Å². The fourth-order valence-corrected chi connectivity index (χ4v) is 3.37. The van der Waals surface area contributed by atoms with E-state index in [4.69, 9.17) is 9.47 Å². The highest BCUT2D eigenvalue weighted by Crippen LogP contribution is 2.25. The van der Waals surface area contributed by atoms with E-state index in [-0.39, 0.29) is 17.7 Å². The van der Waals surface area contributed by atoms with Crippen LogP contribution in [0.25, 0.3) is 0 Å². The van der Waals surface area contributed by atoms with E-state index < -0.39 is 36.2 Å². The average Bonchev–Trinajstić information content (AvgIpc) is 3.36. The lowest BCUT2D eigenvalue weighted by Crippen LogP contribution is -2.55. The number of hydrogen-bond acceptors (Lipinski definition) is 6. The molecule has 0 aromatic heterocycles. The highest BCUT2D eigenvalue weighted by atomic mass is 16.6. The smallest absolute Gasteiger partial charge is 0.328 e. The number of ether oxygens (including phenoxy) is 2. The molecule has 0 radical (unpaired) electrons. The van der Waals surface area contributed by atoms with Gasteiger partial charge in [-0.3, -0.25) is 14.4 Å². The molecule has 4 unspecified atom stereocenters. The molecule has 28 heavy (non-hydrogen) atoms. The summed E-state index contributed by atoms with van der Waals surface area (Å²) in [6.07, 6.45) is 1.01. The molecule has 0 aliphatic carbocycles. The summed E-state index contributed by atoms with van der Waals surface area (Å²) < 4.78 is 10.0. The van der Waals surface area contributed by atoms with Gasteiger partial charge in [-0.15, -0.1) is 0 Å². The first kappa shape index (κ1) is 22.1. The van der Waals surface area contributed by atoms with Gasteiger partial charge in [0.25, 0.3) is 11.8 Å². The Bertz CT molecular complexity index is 610. The lowest BCUT2D eigenvalue weighted by atomic mass is 9.97. The molecule has 2 rings (SSSR count). The van der Waals surface area contributed by atoms with Crippen molar-refractivity contribution in [2.24, 2.45) is 5.92 Å². The van der Waals surface area contributed by atoms with Crippen molar-refractivity contribution >= 4 is 23.7 Å². The van der Waals surface area contributed by atoms with Gasteiger partial charge < -0.3 is 25.0 Å². The van der Waals surface area contributed by atoms with Gasteiger partial charge in [-0.1, -0.05) is 27.2 Å². The number of carbonyl (C=O) groups is 4. The third-order valence-corrected chi connectivity index (χ3v) is 5.34. The Labute approximate surface area is 165 Å². The molecule has 0 aromatic carbocycles. The van der Waals surface area contributed by atoms with Crippen LogP contribution in [0.5, 0.6) is 0 Å². The SMILES string of the molecule is CCCNC(=O)C1OC1C(=O)N[C@@H](C(=O)N1CCCC1C(=O)OC)C(C)CC. The van der Waals surface area contributed by atoms with E-state index in [9.17, 15) is 19.2 Å². The van der Waals surface area contributed by atoms with Gasteiger partial charge in [0.2, 0.25) is 5.91 Å². The van der Waals surface area contributed by atoms with Crippen LogP contribution in [-0.2, 0) is 28.7 Å². The minimum Gasteiger partial charge on any atom is -0.467 e. The molecule has 158 valence electrons. The summed E-state index contributed by atoms with van der Waals surface area (Å²) >= 11 is 0. The van der Waals surface area contributed by atoms with Crippen LogP contribution in [-0.4, -0.2) is 73.1 Å². The van der Waals surface area contributed by atoms with Crippen LogP contribution in [0.3, 0.4) is 0 Å². The number of epoxide rings is 1. The van der Waals surface area contributed by atoms with E-state index in [1.165, 1.54) is 12.0 Å². The number of nitrogens with zero attached hydrogens (tertiary/aromatic N) is 1. The maximum absolute atomic E-state index is 13.1. The molecule has 0 bridgehead atoms. The normalized spacial score (nSPS) is 25.6. The van der Waals surface area contributed by atoms with Crippen LogP contribution in [0.15, 0.2) is 0 Å². The van der Waals surface area contributed by atoms with E-state index in [0.717, 1.165) is 6.42 Å². The first-order valence-corrected chi connectivity index (χ1v) is 9.97. The Morgan fingerprint density at radius 3 is 2.46 bits per heavy atom. The number of amides is 3. The summed E-state index contributed by atoms with van der Waals surface area (Å²) in [4.78, 5) is 51.0. The molecule has 0 aromatic rings. The number of nitrogens with one attached hydrogen (secondary N) is 2. The second-order valence-corrected chi connectivity index (χ2v) is 7.35. The summed E-state index contributed by atoms with van der Waals surface area (Å²) in [5, 5.41) is 5.43. The summed E-state index contributed by atoms with van der Waals surface area (Å²) in [6, 6.07) is -1.41. The number of hydrogen-bond donors (Lipinski definition) is 2. The average molecular weight is 397 g/mol. The van der Waals surface area contributed by atoms with Crippen LogP contribution < -0.4 is 10.6 Å². The molecule has 3 amide bonds. The van der Waals surface area contributed by atoms with Crippen LogP contribution in [0.4, 0.5) is 0 Å². The highest BCUT2D eigenvalue weighted by Gasteiger charge is 2.51. The van der Waals surface area contributed by atoms with Gasteiger partial charge in [0.05, 0.1) is 7.11 Å². The summed E-state index contributed by atoms with van der Waals surface area (Å²) in [7, 11) is 1.30. The third-order valence-electron chi connectivity index (χ3n) is 5.34. The van der Waals surface area contributed by atoms with E-state index in [1.54, 1.807) is 0 Å². The Balaban J connectivity index is 2.02. The van der Waals surface area contributed by atoms with Crippen molar-refractivity contribution in [3.63, 3.8) is 0 Å². The maximum Gasteiger partial charge on any atom is 0.328 e. The Hall–Kier alpha value is -2.16. The zero-order valence-corrected chi connectivity index (χ0v) is 17.0. The van der Waals surface area contributed by atoms with Crippen molar-refractivity contribution in [2.75, 3.05) is 20.2 Å². The number of methoxy groups -OCH3 is 1. The summed E-state index contributed by atoms with van der Waals surface area (Å²) in [6.45, 7) is 6.69. The Morgan fingerprint density at radius 1 is 1.18 bits per heavy atom. The number of likely N-dealkylation sites (tertiary alicyclic amines) is 1. The zero-order valence-electron chi connectivity index (χ0n) is 17.0. The van der Waals surface area contributed by atoms with Crippen molar-refractivity contribution in [3.05, 3.63) is 0 Å². The lowest BCUT2D eigenvalue weighted by molar-refractivity contribution is -0.152. The number of rotatable bonds is 9. The molecule has 0 spiro atoms. The molecular weight excluding hydrogens is 366 g/mol.